The van der Waals surface area contributed by atoms with Crippen molar-refractivity contribution in [2.24, 2.45) is 0 Å². The van der Waals surface area contributed by atoms with Crippen molar-refractivity contribution in [3.05, 3.63) is 59.7 Å². The first-order valence-corrected chi connectivity index (χ1v) is 8.38. The van der Waals surface area contributed by atoms with Crippen LogP contribution < -0.4 is 4.90 Å². The number of carboxylic acid groups (broad SMARTS) is 1. The molecule has 0 aliphatic heterocycles. The molecule has 0 atom stereocenters. The van der Waals surface area contributed by atoms with E-state index in [1.54, 1.807) is 7.05 Å². The van der Waals surface area contributed by atoms with Gasteiger partial charge in [0, 0.05) is 23.6 Å². The van der Waals surface area contributed by atoms with Gasteiger partial charge in [0.2, 0.25) is 0 Å². The van der Waals surface area contributed by atoms with Gasteiger partial charge in [0.15, 0.2) is 0 Å². The van der Waals surface area contributed by atoms with Crippen LogP contribution in [0.4, 0.5) is 10.5 Å². The first-order valence-electron chi connectivity index (χ1n) is 8.38. The van der Waals surface area contributed by atoms with Gasteiger partial charge < -0.3 is 5.11 Å². The third-order valence-electron chi connectivity index (χ3n) is 5.12. The van der Waals surface area contributed by atoms with Crippen LogP contribution in [0, 0.1) is 0 Å². The summed E-state index contributed by atoms with van der Waals surface area (Å²) in [6, 6.07) is 16.1. The fourth-order valence-electron chi connectivity index (χ4n) is 3.92. The molecule has 1 N–H and O–H groups in total. The Morgan fingerprint density at radius 3 is 2.56 bits per heavy atom. The van der Waals surface area contributed by atoms with E-state index in [-0.39, 0.29) is 5.41 Å². The number of benzene rings is 2. The summed E-state index contributed by atoms with van der Waals surface area (Å²) in [5.41, 5.74) is 5.74. The summed E-state index contributed by atoms with van der Waals surface area (Å²) < 4.78 is 0. The van der Waals surface area contributed by atoms with Crippen molar-refractivity contribution in [2.45, 2.75) is 25.7 Å². The zero-order valence-electron chi connectivity index (χ0n) is 14.6. The van der Waals surface area contributed by atoms with Crippen molar-refractivity contribution in [1.82, 2.24) is 4.98 Å². The molecule has 0 fully saturated rings. The van der Waals surface area contributed by atoms with E-state index in [1.165, 1.54) is 10.5 Å². The van der Waals surface area contributed by atoms with Crippen LogP contribution in [-0.2, 0) is 11.8 Å². The van der Waals surface area contributed by atoms with Gasteiger partial charge in [-0.2, -0.15) is 0 Å². The van der Waals surface area contributed by atoms with Crippen LogP contribution in [-0.4, -0.2) is 23.2 Å². The zero-order chi connectivity index (χ0) is 17.8. The van der Waals surface area contributed by atoms with Gasteiger partial charge in [-0.25, -0.2) is 9.78 Å². The first-order chi connectivity index (χ1) is 11.9. The Morgan fingerprint density at radius 2 is 1.80 bits per heavy atom. The monoisotopic (exact) mass is 332 g/mol. The summed E-state index contributed by atoms with van der Waals surface area (Å²) in [7, 11) is 1.61. The molecule has 4 nitrogen and oxygen atoms in total. The molecule has 1 aromatic heterocycles. The molecule has 0 bridgehead atoms. The minimum absolute atomic E-state index is 0.0815. The van der Waals surface area contributed by atoms with E-state index < -0.39 is 6.09 Å². The molecule has 0 radical (unpaired) electrons. The number of hydrogen-bond acceptors (Lipinski definition) is 2. The second kappa shape index (κ2) is 5.31. The third-order valence-corrected chi connectivity index (χ3v) is 5.12. The quantitative estimate of drug-likeness (QED) is 0.693. The van der Waals surface area contributed by atoms with E-state index in [1.807, 2.05) is 30.3 Å². The molecule has 1 heterocycles. The van der Waals surface area contributed by atoms with Gasteiger partial charge in [0.05, 0.1) is 16.9 Å². The molecular formula is C21H20N2O2. The van der Waals surface area contributed by atoms with Crippen LogP contribution in [0.3, 0.4) is 0 Å². The van der Waals surface area contributed by atoms with E-state index >= 15 is 0 Å². The first kappa shape index (κ1) is 15.6. The minimum Gasteiger partial charge on any atom is -0.465 e. The van der Waals surface area contributed by atoms with E-state index in [0.717, 1.165) is 39.8 Å². The number of nitrogens with zero attached hydrogens (tertiary/aromatic N) is 2. The van der Waals surface area contributed by atoms with Gasteiger partial charge in [0.25, 0.3) is 0 Å². The zero-order valence-corrected chi connectivity index (χ0v) is 14.6. The van der Waals surface area contributed by atoms with Gasteiger partial charge in [-0.1, -0.05) is 56.3 Å². The number of fused-ring (bicyclic) bond motifs is 4. The number of rotatable bonds is 1. The predicted molar refractivity (Wildman–Crippen MR) is 100 cm³/mol. The Kier molecular flexibility index (Phi) is 3.32. The van der Waals surface area contributed by atoms with Crippen molar-refractivity contribution in [2.75, 3.05) is 11.9 Å². The van der Waals surface area contributed by atoms with Gasteiger partial charge >= 0.3 is 6.09 Å². The normalized spacial score (nSPS) is 14.7. The molecule has 0 unspecified atom stereocenters. The number of carbonyl (C=O) groups is 1. The molecule has 0 spiro atoms. The Hall–Kier alpha value is -2.88. The SMILES string of the molecule is CN(C(=O)O)c1c2c(nc3ccccc13)-c1ccccc1C(C)(C)C2. The highest BCUT2D eigenvalue weighted by atomic mass is 16.4. The van der Waals surface area contributed by atoms with Gasteiger partial charge in [-0.05, 0) is 23.5 Å². The third kappa shape index (κ3) is 2.29. The molecule has 1 amide bonds. The number of hydrogen-bond donors (Lipinski definition) is 1. The van der Waals surface area contributed by atoms with Crippen molar-refractivity contribution in [3.8, 4) is 11.3 Å². The summed E-state index contributed by atoms with van der Waals surface area (Å²) in [5, 5.41) is 10.5. The smallest absolute Gasteiger partial charge is 0.411 e. The molecule has 1 aliphatic rings. The number of amides is 1. The van der Waals surface area contributed by atoms with Crippen molar-refractivity contribution in [1.29, 1.82) is 0 Å². The largest absolute Gasteiger partial charge is 0.465 e. The molecule has 2 aromatic carbocycles. The lowest BCUT2D eigenvalue weighted by Crippen LogP contribution is -2.31. The summed E-state index contributed by atoms with van der Waals surface area (Å²) in [6.07, 6.45) is -0.209. The highest BCUT2D eigenvalue weighted by molar-refractivity contribution is 6.03. The second-order valence-corrected chi connectivity index (χ2v) is 7.25. The minimum atomic E-state index is -0.963. The number of anilines is 1. The highest BCUT2D eigenvalue weighted by Crippen LogP contribution is 2.47. The van der Waals surface area contributed by atoms with Crippen LogP contribution in [0.5, 0.6) is 0 Å². The fraction of sp³-hybridized carbons (Fsp3) is 0.238. The molecule has 4 heteroatoms. The lowest BCUT2D eigenvalue weighted by Gasteiger charge is -2.36. The lowest BCUT2D eigenvalue weighted by atomic mass is 9.71. The standard InChI is InChI=1S/C21H20N2O2/c1-21(2)12-15-18(13-8-4-6-10-16(13)21)22-17-11-7-5-9-14(17)19(15)23(3)20(24)25/h4-11H,12H2,1-3H3,(H,24,25). The summed E-state index contributed by atoms with van der Waals surface area (Å²) in [6.45, 7) is 4.41. The number of pyridine rings is 1. The van der Waals surface area contributed by atoms with Crippen molar-refractivity contribution >= 4 is 22.7 Å². The van der Waals surface area contributed by atoms with Gasteiger partial charge in [0.1, 0.15) is 0 Å². The molecule has 0 saturated heterocycles. The van der Waals surface area contributed by atoms with Gasteiger partial charge in [-0.3, -0.25) is 4.90 Å². The molecule has 126 valence electrons. The Bertz CT molecular complexity index is 1010. The topological polar surface area (TPSA) is 53.4 Å². The maximum absolute atomic E-state index is 11.7. The average molecular weight is 332 g/mol. The molecule has 1 aliphatic carbocycles. The number of para-hydroxylation sites is 1. The van der Waals surface area contributed by atoms with Crippen LogP contribution in [0.2, 0.25) is 0 Å². The van der Waals surface area contributed by atoms with E-state index in [4.69, 9.17) is 4.98 Å². The fourth-order valence-corrected chi connectivity index (χ4v) is 3.92. The van der Waals surface area contributed by atoms with Crippen LogP contribution in [0.25, 0.3) is 22.2 Å². The summed E-state index contributed by atoms with van der Waals surface area (Å²) in [4.78, 5) is 18.0. The van der Waals surface area contributed by atoms with Gasteiger partial charge in [-0.15, -0.1) is 0 Å². The van der Waals surface area contributed by atoms with E-state index in [9.17, 15) is 9.90 Å². The van der Waals surface area contributed by atoms with Crippen LogP contribution >= 0.6 is 0 Å². The highest BCUT2D eigenvalue weighted by Gasteiger charge is 2.35. The van der Waals surface area contributed by atoms with E-state index in [0.29, 0.717) is 0 Å². The Morgan fingerprint density at radius 1 is 1.12 bits per heavy atom. The summed E-state index contributed by atoms with van der Waals surface area (Å²) in [5.74, 6) is 0. The summed E-state index contributed by atoms with van der Waals surface area (Å²) >= 11 is 0. The molecule has 25 heavy (non-hydrogen) atoms. The number of aromatic nitrogens is 1. The predicted octanol–water partition coefficient (Wildman–Crippen LogP) is 4.85. The Balaban J connectivity index is 2.14. The molecule has 4 rings (SSSR count). The molecule has 0 saturated carbocycles. The second-order valence-electron chi connectivity index (χ2n) is 7.25. The lowest BCUT2D eigenvalue weighted by molar-refractivity contribution is 0.203. The van der Waals surface area contributed by atoms with Crippen molar-refractivity contribution < 1.29 is 9.90 Å². The van der Waals surface area contributed by atoms with Crippen molar-refractivity contribution in [3.63, 3.8) is 0 Å². The van der Waals surface area contributed by atoms with Crippen LogP contribution in [0.15, 0.2) is 48.5 Å². The van der Waals surface area contributed by atoms with E-state index in [2.05, 4.69) is 32.0 Å². The maximum Gasteiger partial charge on any atom is 0.411 e. The molecule has 3 aromatic rings. The Labute approximate surface area is 146 Å². The average Bonchev–Trinajstić information content (AvgIpc) is 2.59. The van der Waals surface area contributed by atoms with Crippen LogP contribution in [0.1, 0.15) is 25.0 Å². The maximum atomic E-state index is 11.7. The molecular weight excluding hydrogens is 312 g/mol.